The summed E-state index contributed by atoms with van der Waals surface area (Å²) in [7, 11) is 1.24. The number of halogens is 1. The maximum atomic E-state index is 14.7. The first-order valence-electron chi connectivity index (χ1n) is 9.97. The van der Waals surface area contributed by atoms with Crippen molar-refractivity contribution < 1.29 is 18.7 Å². The van der Waals surface area contributed by atoms with Crippen LogP contribution in [-0.4, -0.2) is 28.5 Å². The second-order valence-corrected chi connectivity index (χ2v) is 7.16. The Balaban J connectivity index is 1.69. The zero-order valence-electron chi connectivity index (χ0n) is 17.2. The highest BCUT2D eigenvalue weighted by Gasteiger charge is 2.23. The van der Waals surface area contributed by atoms with E-state index in [1.807, 2.05) is 41.1 Å². The summed E-state index contributed by atoms with van der Waals surface area (Å²) in [4.78, 5) is 21.1. The molecule has 0 unspecified atom stereocenters. The number of rotatable bonds is 3. The first kappa shape index (κ1) is 19.7. The van der Waals surface area contributed by atoms with Crippen LogP contribution in [0.5, 0.6) is 5.75 Å². The van der Waals surface area contributed by atoms with E-state index in [1.54, 1.807) is 36.4 Å². The molecule has 1 aliphatic heterocycles. The van der Waals surface area contributed by atoms with E-state index in [-0.39, 0.29) is 18.1 Å². The van der Waals surface area contributed by atoms with Gasteiger partial charge in [-0.25, -0.2) is 14.2 Å². The van der Waals surface area contributed by atoms with E-state index in [2.05, 4.69) is 4.74 Å². The summed E-state index contributed by atoms with van der Waals surface area (Å²) in [5, 5.41) is 0. The first-order valence-corrected chi connectivity index (χ1v) is 9.97. The maximum absolute atomic E-state index is 14.7. The number of imidazole rings is 1. The average Bonchev–Trinajstić information content (AvgIpc) is 3.19. The summed E-state index contributed by atoms with van der Waals surface area (Å²) in [6, 6.07) is 21.4. The Morgan fingerprint density at radius 3 is 2.56 bits per heavy atom. The fourth-order valence-corrected chi connectivity index (χ4v) is 3.72. The third-order valence-corrected chi connectivity index (χ3v) is 5.21. The molecule has 0 spiro atoms. The normalized spacial score (nSPS) is 12.2. The van der Waals surface area contributed by atoms with Crippen LogP contribution < -0.4 is 4.74 Å². The number of ether oxygens (including phenoxy) is 2. The van der Waals surface area contributed by atoms with E-state index in [0.717, 1.165) is 22.8 Å². The molecule has 4 aromatic rings. The van der Waals surface area contributed by atoms with E-state index in [1.165, 1.54) is 13.2 Å². The molecule has 0 N–H and O–H groups in total. The Labute approximate surface area is 183 Å². The van der Waals surface area contributed by atoms with Gasteiger partial charge in [0.05, 0.1) is 30.7 Å². The Morgan fingerprint density at radius 2 is 1.78 bits per heavy atom. The van der Waals surface area contributed by atoms with Crippen LogP contribution in [0.2, 0.25) is 0 Å². The largest absolute Gasteiger partial charge is 0.513 e. The van der Waals surface area contributed by atoms with Crippen molar-refractivity contribution in [2.45, 2.75) is 6.54 Å². The van der Waals surface area contributed by atoms with Crippen LogP contribution in [0, 0.1) is 5.82 Å². The molecule has 0 amide bonds. The molecule has 0 radical (unpaired) electrons. The Morgan fingerprint density at radius 1 is 1.00 bits per heavy atom. The topological polar surface area (TPSA) is 65.7 Å². The molecule has 2 heterocycles. The summed E-state index contributed by atoms with van der Waals surface area (Å²) in [6.07, 6.45) is 1.10. The van der Waals surface area contributed by atoms with Crippen molar-refractivity contribution in [1.29, 1.82) is 0 Å². The quantitative estimate of drug-likeness (QED) is 0.334. The second kappa shape index (κ2) is 8.11. The van der Waals surface area contributed by atoms with Gasteiger partial charge in [0.2, 0.25) is 0 Å². The minimum absolute atomic E-state index is 0.262. The number of hydrogen-bond acceptors (Lipinski definition) is 5. The van der Waals surface area contributed by atoms with Crippen molar-refractivity contribution >= 4 is 11.9 Å². The summed E-state index contributed by atoms with van der Waals surface area (Å²) in [6.45, 7) is 0.262. The fourth-order valence-electron chi connectivity index (χ4n) is 3.72. The molecule has 1 aliphatic rings. The standard InChI is InChI=1S/C25H18FN3O3/c1-31-25(30)32-17-11-12-22-19(13-17)24(18-9-5-6-10-20(18)26)27-14-23-28-21(15-29(22)23)16-7-3-2-4-8-16/h2-13,15H,14H2,1H3. The van der Waals surface area contributed by atoms with Gasteiger partial charge in [-0.15, -0.1) is 0 Å². The van der Waals surface area contributed by atoms with Gasteiger partial charge in [0.15, 0.2) is 0 Å². The lowest BCUT2D eigenvalue weighted by Crippen LogP contribution is -2.11. The van der Waals surface area contributed by atoms with Gasteiger partial charge in [-0.2, -0.15) is 0 Å². The number of benzene rings is 3. The Hall–Kier alpha value is -4.26. The first-order chi connectivity index (χ1) is 15.6. The van der Waals surface area contributed by atoms with E-state index < -0.39 is 6.16 Å². The van der Waals surface area contributed by atoms with Gasteiger partial charge in [0.25, 0.3) is 0 Å². The second-order valence-electron chi connectivity index (χ2n) is 7.16. The lowest BCUT2D eigenvalue weighted by atomic mass is 9.99. The molecule has 6 nitrogen and oxygen atoms in total. The molecule has 32 heavy (non-hydrogen) atoms. The fraction of sp³-hybridized carbons (Fsp3) is 0.0800. The molecule has 5 rings (SSSR count). The highest BCUT2D eigenvalue weighted by atomic mass is 19.1. The van der Waals surface area contributed by atoms with Gasteiger partial charge in [-0.1, -0.05) is 42.5 Å². The molecular formula is C25H18FN3O3. The molecule has 1 aromatic heterocycles. The van der Waals surface area contributed by atoms with Gasteiger partial charge < -0.3 is 14.0 Å². The number of nitrogens with zero attached hydrogens (tertiary/aromatic N) is 3. The van der Waals surface area contributed by atoms with E-state index in [4.69, 9.17) is 14.7 Å². The van der Waals surface area contributed by atoms with Crippen LogP contribution in [0.4, 0.5) is 9.18 Å². The molecule has 0 fully saturated rings. The summed E-state index contributed by atoms with van der Waals surface area (Å²) >= 11 is 0. The predicted octanol–water partition coefficient (Wildman–Crippen LogP) is 5.17. The van der Waals surface area contributed by atoms with Crippen molar-refractivity contribution in [3.05, 3.63) is 102 Å². The molecule has 7 heteroatoms. The minimum atomic E-state index is -0.836. The van der Waals surface area contributed by atoms with Crippen LogP contribution in [-0.2, 0) is 11.3 Å². The van der Waals surface area contributed by atoms with Crippen molar-refractivity contribution in [3.63, 3.8) is 0 Å². The van der Waals surface area contributed by atoms with Crippen LogP contribution in [0.25, 0.3) is 16.9 Å². The van der Waals surface area contributed by atoms with Crippen LogP contribution >= 0.6 is 0 Å². The predicted molar refractivity (Wildman–Crippen MR) is 118 cm³/mol. The average molecular weight is 427 g/mol. The smallest absolute Gasteiger partial charge is 0.437 e. The highest BCUT2D eigenvalue weighted by Crippen LogP contribution is 2.31. The number of carbonyl (C=O) groups excluding carboxylic acids is 1. The monoisotopic (exact) mass is 427 g/mol. The van der Waals surface area contributed by atoms with Gasteiger partial charge >= 0.3 is 6.16 Å². The lowest BCUT2D eigenvalue weighted by molar-refractivity contribution is 0.121. The molecular weight excluding hydrogens is 409 g/mol. The number of aliphatic imine (C=N–C) groups is 1. The van der Waals surface area contributed by atoms with Crippen LogP contribution in [0.3, 0.4) is 0 Å². The van der Waals surface area contributed by atoms with E-state index >= 15 is 0 Å². The SMILES string of the molecule is COC(=O)Oc1ccc2c(c1)C(c1ccccc1F)=NCc1nc(-c3ccccc3)cn1-2. The molecule has 0 saturated heterocycles. The molecule has 0 saturated carbocycles. The molecule has 3 aromatic carbocycles. The summed E-state index contributed by atoms with van der Waals surface area (Å²) in [5.74, 6) is 0.602. The van der Waals surface area contributed by atoms with Gasteiger partial charge in [-0.05, 0) is 30.3 Å². The molecule has 0 bridgehead atoms. The van der Waals surface area contributed by atoms with Crippen molar-refractivity contribution in [3.8, 4) is 22.7 Å². The maximum Gasteiger partial charge on any atom is 0.513 e. The van der Waals surface area contributed by atoms with Gasteiger partial charge in [-0.3, -0.25) is 4.99 Å². The van der Waals surface area contributed by atoms with E-state index in [0.29, 0.717) is 16.8 Å². The van der Waals surface area contributed by atoms with E-state index in [9.17, 15) is 9.18 Å². The summed E-state index contributed by atoms with van der Waals surface area (Å²) < 4.78 is 26.4. The number of methoxy groups -OCH3 is 1. The third kappa shape index (κ3) is 3.54. The van der Waals surface area contributed by atoms with Crippen LogP contribution in [0.1, 0.15) is 17.0 Å². The van der Waals surface area contributed by atoms with Crippen molar-refractivity contribution in [1.82, 2.24) is 9.55 Å². The van der Waals surface area contributed by atoms with Crippen LogP contribution in [0.15, 0.2) is 84.0 Å². The minimum Gasteiger partial charge on any atom is -0.437 e. The van der Waals surface area contributed by atoms with Crippen molar-refractivity contribution in [2.75, 3.05) is 7.11 Å². The molecule has 158 valence electrons. The van der Waals surface area contributed by atoms with Gasteiger partial charge in [0, 0.05) is 22.9 Å². The summed E-state index contributed by atoms with van der Waals surface area (Å²) in [5.41, 5.74) is 3.99. The Kier molecular flexibility index (Phi) is 4.99. The van der Waals surface area contributed by atoms with Gasteiger partial charge in [0.1, 0.15) is 17.4 Å². The number of aromatic nitrogens is 2. The highest BCUT2D eigenvalue weighted by molar-refractivity contribution is 6.15. The van der Waals surface area contributed by atoms with Crippen molar-refractivity contribution in [2.24, 2.45) is 4.99 Å². The number of hydrogen-bond donors (Lipinski definition) is 0. The molecule has 0 atom stereocenters. The zero-order valence-corrected chi connectivity index (χ0v) is 17.2. The molecule has 0 aliphatic carbocycles. The zero-order chi connectivity index (χ0) is 22.1. The number of carbonyl (C=O) groups is 1. The Bertz CT molecular complexity index is 1350. The number of fused-ring (bicyclic) bond motifs is 3. The lowest BCUT2D eigenvalue weighted by Gasteiger charge is -2.14. The third-order valence-electron chi connectivity index (χ3n) is 5.21.